The molecule has 1 saturated carbocycles. The van der Waals surface area contributed by atoms with Crippen LogP contribution in [0.1, 0.15) is 48.5 Å². The highest BCUT2D eigenvalue weighted by atomic mass is 14.7. The van der Waals surface area contributed by atoms with E-state index < -0.39 is 0 Å². The third-order valence-corrected chi connectivity index (χ3v) is 3.89. The molecule has 0 heterocycles. The molecule has 1 aliphatic rings. The van der Waals surface area contributed by atoms with E-state index in [2.05, 4.69) is 48.5 Å². The lowest BCUT2D eigenvalue weighted by molar-refractivity contribution is 0.287. The predicted molar refractivity (Wildman–Crippen MR) is 50.5 cm³/mol. The summed E-state index contributed by atoms with van der Waals surface area (Å²) in [6, 6.07) is 0. The summed E-state index contributed by atoms with van der Waals surface area (Å²) >= 11 is 0. The molecule has 0 heteroatoms. The van der Waals surface area contributed by atoms with Gasteiger partial charge in [-0.15, -0.1) is 0 Å². The lowest BCUT2D eigenvalue weighted by Crippen LogP contribution is -2.13. The van der Waals surface area contributed by atoms with Gasteiger partial charge in [0.05, 0.1) is 0 Å². The van der Waals surface area contributed by atoms with Gasteiger partial charge >= 0.3 is 0 Å². The molecule has 1 fully saturated rings. The second-order valence-corrected chi connectivity index (χ2v) is 6.24. The fourth-order valence-electron chi connectivity index (χ4n) is 3.36. The minimum Gasteiger partial charge on any atom is -0.0599 e. The largest absolute Gasteiger partial charge is 0.0599 e. The molecule has 0 spiro atoms. The molecule has 0 N–H and O–H groups in total. The number of hydrogen-bond acceptors (Lipinski definition) is 0. The number of rotatable bonds is 0. The average molecular weight is 154 g/mol. The topological polar surface area (TPSA) is 0 Å². The van der Waals surface area contributed by atoms with Crippen LogP contribution in [0.2, 0.25) is 0 Å². The summed E-state index contributed by atoms with van der Waals surface area (Å²) in [5, 5.41) is 0. The van der Waals surface area contributed by atoms with Gasteiger partial charge in [-0.3, -0.25) is 0 Å². The van der Waals surface area contributed by atoms with Crippen molar-refractivity contribution in [3.05, 3.63) is 0 Å². The van der Waals surface area contributed by atoms with Crippen LogP contribution in [0.3, 0.4) is 0 Å². The van der Waals surface area contributed by atoms with Gasteiger partial charge in [0.15, 0.2) is 0 Å². The molecule has 0 aromatic rings. The summed E-state index contributed by atoms with van der Waals surface area (Å²) in [5.74, 6) is 0.877. The SMILES string of the molecule is CC(C)(C)C1C(C)(C)C1(C)C. The van der Waals surface area contributed by atoms with Gasteiger partial charge in [0, 0.05) is 0 Å². The zero-order valence-corrected chi connectivity index (χ0v) is 9.08. The third-order valence-electron chi connectivity index (χ3n) is 3.89. The molecule has 1 rings (SSSR count). The van der Waals surface area contributed by atoms with Gasteiger partial charge in [-0.2, -0.15) is 0 Å². The molecular formula is C11H22. The van der Waals surface area contributed by atoms with Gasteiger partial charge in [0.25, 0.3) is 0 Å². The smallest absolute Gasteiger partial charge is 0.0252 e. The fourth-order valence-corrected chi connectivity index (χ4v) is 3.36. The van der Waals surface area contributed by atoms with Crippen LogP contribution in [0.4, 0.5) is 0 Å². The minimum atomic E-state index is 0.479. The summed E-state index contributed by atoms with van der Waals surface area (Å²) in [6.07, 6.45) is 0. The Morgan fingerprint density at radius 2 is 1.09 bits per heavy atom. The van der Waals surface area contributed by atoms with Crippen molar-refractivity contribution < 1.29 is 0 Å². The summed E-state index contributed by atoms with van der Waals surface area (Å²) in [4.78, 5) is 0. The Morgan fingerprint density at radius 1 is 0.818 bits per heavy atom. The molecule has 0 saturated heterocycles. The predicted octanol–water partition coefficient (Wildman–Crippen LogP) is 3.71. The molecule has 0 atom stereocenters. The first-order valence-electron chi connectivity index (χ1n) is 4.62. The Kier molecular flexibility index (Phi) is 1.52. The number of hydrogen-bond donors (Lipinski definition) is 0. The molecule has 0 aromatic carbocycles. The van der Waals surface area contributed by atoms with Crippen LogP contribution in [0.15, 0.2) is 0 Å². The summed E-state index contributed by atoms with van der Waals surface area (Å²) < 4.78 is 0. The Labute approximate surface area is 71.4 Å². The molecule has 0 nitrogen and oxygen atoms in total. The van der Waals surface area contributed by atoms with Crippen LogP contribution in [-0.4, -0.2) is 0 Å². The van der Waals surface area contributed by atoms with E-state index >= 15 is 0 Å². The summed E-state index contributed by atoms with van der Waals surface area (Å²) in [7, 11) is 0. The maximum atomic E-state index is 2.39. The molecule has 0 bridgehead atoms. The van der Waals surface area contributed by atoms with Crippen molar-refractivity contribution in [2.45, 2.75) is 48.5 Å². The van der Waals surface area contributed by atoms with E-state index in [9.17, 15) is 0 Å². The normalized spacial score (nSPS) is 28.6. The van der Waals surface area contributed by atoms with Crippen LogP contribution >= 0.6 is 0 Å². The lowest BCUT2D eigenvalue weighted by atomic mass is 9.85. The molecule has 0 unspecified atom stereocenters. The van der Waals surface area contributed by atoms with Gasteiger partial charge in [0.2, 0.25) is 0 Å². The van der Waals surface area contributed by atoms with E-state index in [4.69, 9.17) is 0 Å². The minimum absolute atomic E-state index is 0.479. The van der Waals surface area contributed by atoms with E-state index in [1.54, 1.807) is 0 Å². The molecule has 66 valence electrons. The van der Waals surface area contributed by atoms with Crippen LogP contribution < -0.4 is 0 Å². The second kappa shape index (κ2) is 1.84. The molecular weight excluding hydrogens is 132 g/mol. The molecule has 1 aliphatic carbocycles. The maximum absolute atomic E-state index is 2.39. The molecule has 0 amide bonds. The highest BCUT2D eigenvalue weighted by Gasteiger charge is 2.68. The molecule has 0 radical (unpaired) electrons. The quantitative estimate of drug-likeness (QED) is 0.499. The Hall–Kier alpha value is 0. The lowest BCUT2D eigenvalue weighted by Gasteiger charge is -2.20. The Balaban J connectivity index is 2.84. The zero-order valence-electron chi connectivity index (χ0n) is 9.08. The monoisotopic (exact) mass is 154 g/mol. The molecule has 0 aromatic heterocycles. The van der Waals surface area contributed by atoms with Crippen LogP contribution in [-0.2, 0) is 0 Å². The van der Waals surface area contributed by atoms with Crippen molar-refractivity contribution in [3.63, 3.8) is 0 Å². The first kappa shape index (κ1) is 9.09. The van der Waals surface area contributed by atoms with E-state index in [0.29, 0.717) is 16.2 Å². The summed E-state index contributed by atoms with van der Waals surface area (Å²) in [5.41, 5.74) is 1.57. The van der Waals surface area contributed by atoms with Crippen LogP contribution in [0.25, 0.3) is 0 Å². The average Bonchev–Trinajstić information content (AvgIpc) is 1.93. The van der Waals surface area contributed by atoms with E-state index in [1.807, 2.05) is 0 Å². The molecule has 0 aliphatic heterocycles. The van der Waals surface area contributed by atoms with Gasteiger partial charge in [0.1, 0.15) is 0 Å². The standard InChI is InChI=1S/C11H22/c1-9(2,3)8-10(4,5)11(8,6)7/h8H,1-7H3. The second-order valence-electron chi connectivity index (χ2n) is 6.24. The van der Waals surface area contributed by atoms with E-state index in [1.165, 1.54) is 0 Å². The maximum Gasteiger partial charge on any atom is -0.0252 e. The van der Waals surface area contributed by atoms with Gasteiger partial charge in [-0.25, -0.2) is 0 Å². The highest BCUT2D eigenvalue weighted by Crippen LogP contribution is 2.73. The van der Waals surface area contributed by atoms with E-state index in [0.717, 1.165) is 5.92 Å². The van der Waals surface area contributed by atoms with Gasteiger partial charge in [-0.05, 0) is 22.2 Å². The van der Waals surface area contributed by atoms with Crippen LogP contribution in [0.5, 0.6) is 0 Å². The van der Waals surface area contributed by atoms with Crippen molar-refractivity contribution in [3.8, 4) is 0 Å². The first-order chi connectivity index (χ1) is 4.62. The fraction of sp³-hybridized carbons (Fsp3) is 1.00. The van der Waals surface area contributed by atoms with E-state index in [-0.39, 0.29) is 0 Å². The van der Waals surface area contributed by atoms with Crippen LogP contribution in [0, 0.1) is 22.2 Å². The first-order valence-corrected chi connectivity index (χ1v) is 4.62. The van der Waals surface area contributed by atoms with Crippen molar-refractivity contribution in [2.24, 2.45) is 22.2 Å². The van der Waals surface area contributed by atoms with Crippen molar-refractivity contribution in [1.82, 2.24) is 0 Å². The third kappa shape index (κ3) is 1.02. The van der Waals surface area contributed by atoms with Gasteiger partial charge in [-0.1, -0.05) is 48.5 Å². The Bertz CT molecular complexity index is 153. The van der Waals surface area contributed by atoms with Crippen molar-refractivity contribution in [1.29, 1.82) is 0 Å². The highest BCUT2D eigenvalue weighted by molar-refractivity contribution is 5.15. The zero-order chi connectivity index (χ0) is 9.08. The summed E-state index contributed by atoms with van der Waals surface area (Å²) in [6.45, 7) is 16.6. The van der Waals surface area contributed by atoms with Crippen molar-refractivity contribution in [2.75, 3.05) is 0 Å². The Morgan fingerprint density at radius 3 is 1.09 bits per heavy atom. The van der Waals surface area contributed by atoms with Crippen molar-refractivity contribution >= 4 is 0 Å². The molecule has 11 heavy (non-hydrogen) atoms. The van der Waals surface area contributed by atoms with Gasteiger partial charge < -0.3 is 0 Å².